The van der Waals surface area contributed by atoms with E-state index in [1.54, 1.807) is 29.5 Å². The molecule has 0 amide bonds. The molecule has 1 fully saturated rings. The monoisotopic (exact) mass is 448 g/mol. The molecular formula is C23H22ClFO4S. The molecule has 4 nitrogen and oxygen atoms in total. The van der Waals surface area contributed by atoms with E-state index < -0.39 is 37.2 Å². The third-order valence-electron chi connectivity index (χ3n) is 5.33. The Morgan fingerprint density at radius 2 is 1.77 bits per heavy atom. The summed E-state index contributed by atoms with van der Waals surface area (Å²) in [5, 5.41) is 30.2. The third-order valence-corrected chi connectivity index (χ3v) is 6.83. The minimum Gasteiger partial charge on any atom is -0.394 e. The van der Waals surface area contributed by atoms with Gasteiger partial charge in [0.25, 0.3) is 0 Å². The molecule has 1 saturated heterocycles. The van der Waals surface area contributed by atoms with Gasteiger partial charge >= 0.3 is 0 Å². The van der Waals surface area contributed by atoms with Crippen LogP contribution in [0.1, 0.15) is 22.1 Å². The number of thiophene rings is 1. The second-order valence-corrected chi connectivity index (χ2v) is 8.94. The molecule has 1 aliphatic heterocycles. The van der Waals surface area contributed by atoms with Gasteiger partial charge in [-0.2, -0.15) is 0 Å². The predicted octanol–water partition coefficient (Wildman–Crippen LogP) is 4.15. The van der Waals surface area contributed by atoms with Crippen LogP contribution in [0.4, 0.5) is 4.39 Å². The summed E-state index contributed by atoms with van der Waals surface area (Å²) in [5.74, 6) is 0. The molecule has 1 aliphatic rings. The molecule has 2 heterocycles. The lowest BCUT2D eigenvalue weighted by Gasteiger charge is -2.39. The predicted molar refractivity (Wildman–Crippen MR) is 116 cm³/mol. The number of hydrogen-bond acceptors (Lipinski definition) is 5. The van der Waals surface area contributed by atoms with Crippen LogP contribution in [0.25, 0.3) is 10.4 Å². The summed E-state index contributed by atoms with van der Waals surface area (Å²) in [6, 6.07) is 19.4. The van der Waals surface area contributed by atoms with E-state index in [4.69, 9.17) is 16.3 Å². The van der Waals surface area contributed by atoms with Crippen molar-refractivity contribution < 1.29 is 24.4 Å². The standard InChI is InChI=1S/C23H22ClFO4S/c24-17-8-6-14(23-22(28)21(27)20(25)18(12-26)29-23)10-15(17)11-16-7-9-19(30-16)13-4-2-1-3-5-13/h1-10,18,20-23,26-28H,11-12H2/t18?,20-,21?,22-,23?/m1/s1. The van der Waals surface area contributed by atoms with Crippen LogP contribution in [0.5, 0.6) is 0 Å². The zero-order valence-corrected chi connectivity index (χ0v) is 17.6. The molecular weight excluding hydrogens is 427 g/mol. The Labute approximate surface area is 183 Å². The van der Waals surface area contributed by atoms with Gasteiger partial charge in [0, 0.05) is 21.2 Å². The maximum Gasteiger partial charge on any atom is 0.157 e. The average Bonchev–Trinajstić information content (AvgIpc) is 3.23. The van der Waals surface area contributed by atoms with Gasteiger partial charge in [-0.05, 0) is 34.9 Å². The molecule has 0 aliphatic carbocycles. The van der Waals surface area contributed by atoms with Gasteiger partial charge < -0.3 is 20.1 Å². The van der Waals surface area contributed by atoms with Crippen molar-refractivity contribution in [1.82, 2.24) is 0 Å². The molecule has 5 atom stereocenters. The first-order valence-electron chi connectivity index (χ1n) is 9.67. The molecule has 1 aromatic heterocycles. The molecule has 3 N–H and O–H groups in total. The Morgan fingerprint density at radius 1 is 1.00 bits per heavy atom. The zero-order chi connectivity index (χ0) is 21.3. The molecule has 2 aromatic carbocycles. The fraction of sp³-hybridized carbons (Fsp3) is 0.304. The first kappa shape index (κ1) is 21.4. The van der Waals surface area contributed by atoms with Crippen molar-refractivity contribution in [2.75, 3.05) is 6.61 Å². The summed E-state index contributed by atoms with van der Waals surface area (Å²) in [6.45, 7) is -0.584. The van der Waals surface area contributed by atoms with E-state index in [1.807, 2.05) is 18.2 Å². The maximum absolute atomic E-state index is 14.0. The number of aliphatic hydroxyl groups excluding tert-OH is 3. The minimum absolute atomic E-state index is 0.571. The Bertz CT molecular complexity index is 994. The van der Waals surface area contributed by atoms with Gasteiger partial charge in [-0.1, -0.05) is 54.1 Å². The average molecular weight is 449 g/mol. The van der Waals surface area contributed by atoms with E-state index in [9.17, 15) is 19.7 Å². The van der Waals surface area contributed by atoms with Crippen LogP contribution in [0.3, 0.4) is 0 Å². The van der Waals surface area contributed by atoms with Gasteiger partial charge in [-0.15, -0.1) is 11.3 Å². The van der Waals surface area contributed by atoms with E-state index in [0.717, 1.165) is 20.9 Å². The number of rotatable bonds is 5. The smallest absolute Gasteiger partial charge is 0.157 e. The van der Waals surface area contributed by atoms with Crippen LogP contribution in [0, 0.1) is 0 Å². The number of ether oxygens (including phenoxy) is 1. The van der Waals surface area contributed by atoms with Gasteiger partial charge in [0.05, 0.1) is 6.61 Å². The van der Waals surface area contributed by atoms with Crippen molar-refractivity contribution in [2.45, 2.75) is 37.0 Å². The SMILES string of the molecule is OCC1OC(c2ccc(Cl)c(Cc3ccc(-c4ccccc4)s3)c2)[C@H](O)C(O)[C@@H]1F. The second-order valence-electron chi connectivity index (χ2n) is 7.36. The third kappa shape index (κ3) is 4.30. The Balaban J connectivity index is 1.57. The van der Waals surface area contributed by atoms with Gasteiger partial charge in [0.15, 0.2) is 6.17 Å². The summed E-state index contributed by atoms with van der Waals surface area (Å²) in [7, 11) is 0. The van der Waals surface area contributed by atoms with E-state index >= 15 is 0 Å². The highest BCUT2D eigenvalue weighted by Crippen LogP contribution is 2.36. The van der Waals surface area contributed by atoms with Crippen molar-refractivity contribution in [3.63, 3.8) is 0 Å². The van der Waals surface area contributed by atoms with Gasteiger partial charge in [0.2, 0.25) is 0 Å². The number of aliphatic hydroxyl groups is 3. The molecule has 4 rings (SSSR count). The van der Waals surface area contributed by atoms with E-state index in [0.29, 0.717) is 17.0 Å². The first-order chi connectivity index (χ1) is 14.5. The van der Waals surface area contributed by atoms with E-state index in [1.165, 1.54) is 0 Å². The van der Waals surface area contributed by atoms with Crippen molar-refractivity contribution in [3.8, 4) is 10.4 Å². The quantitative estimate of drug-likeness (QED) is 0.548. The topological polar surface area (TPSA) is 69.9 Å². The number of halogens is 2. The van der Waals surface area contributed by atoms with Crippen LogP contribution in [0.2, 0.25) is 5.02 Å². The maximum atomic E-state index is 14.0. The molecule has 158 valence electrons. The number of benzene rings is 2. The highest BCUT2D eigenvalue weighted by Gasteiger charge is 2.45. The van der Waals surface area contributed by atoms with Crippen LogP contribution in [-0.4, -0.2) is 46.4 Å². The summed E-state index contributed by atoms with van der Waals surface area (Å²) in [4.78, 5) is 2.28. The molecule has 3 aromatic rings. The molecule has 0 radical (unpaired) electrons. The summed E-state index contributed by atoms with van der Waals surface area (Å²) < 4.78 is 19.6. The normalized spacial score (nSPS) is 26.6. The fourth-order valence-electron chi connectivity index (χ4n) is 3.68. The van der Waals surface area contributed by atoms with Crippen LogP contribution in [0.15, 0.2) is 60.7 Å². The summed E-state index contributed by atoms with van der Waals surface area (Å²) in [5.41, 5.74) is 2.56. The summed E-state index contributed by atoms with van der Waals surface area (Å²) in [6.07, 6.45) is -6.49. The largest absolute Gasteiger partial charge is 0.394 e. The van der Waals surface area contributed by atoms with Crippen molar-refractivity contribution in [3.05, 3.63) is 81.7 Å². The number of hydrogen-bond donors (Lipinski definition) is 3. The molecule has 30 heavy (non-hydrogen) atoms. The molecule has 0 bridgehead atoms. The Hall–Kier alpha value is -1.80. The first-order valence-corrected chi connectivity index (χ1v) is 10.9. The zero-order valence-electron chi connectivity index (χ0n) is 16.0. The highest BCUT2D eigenvalue weighted by molar-refractivity contribution is 7.15. The van der Waals surface area contributed by atoms with Crippen molar-refractivity contribution in [1.29, 1.82) is 0 Å². The number of alkyl halides is 1. The fourth-order valence-corrected chi connectivity index (χ4v) is 4.90. The minimum atomic E-state index is -1.85. The van der Waals surface area contributed by atoms with Crippen molar-refractivity contribution >= 4 is 22.9 Å². The lowest BCUT2D eigenvalue weighted by Crippen LogP contribution is -2.53. The van der Waals surface area contributed by atoms with Crippen LogP contribution >= 0.6 is 22.9 Å². The lowest BCUT2D eigenvalue weighted by molar-refractivity contribution is -0.214. The molecule has 3 unspecified atom stereocenters. The van der Waals surface area contributed by atoms with Gasteiger partial charge in [-0.3, -0.25) is 0 Å². The van der Waals surface area contributed by atoms with Crippen molar-refractivity contribution in [2.24, 2.45) is 0 Å². The molecule has 7 heteroatoms. The van der Waals surface area contributed by atoms with Crippen LogP contribution < -0.4 is 0 Å². The van der Waals surface area contributed by atoms with E-state index in [2.05, 4.69) is 24.3 Å². The highest BCUT2D eigenvalue weighted by atomic mass is 35.5. The van der Waals surface area contributed by atoms with E-state index in [-0.39, 0.29) is 0 Å². The molecule has 0 saturated carbocycles. The molecule has 0 spiro atoms. The lowest BCUT2D eigenvalue weighted by atomic mass is 9.91. The summed E-state index contributed by atoms with van der Waals surface area (Å²) >= 11 is 8.08. The van der Waals surface area contributed by atoms with Gasteiger partial charge in [0.1, 0.15) is 24.4 Å². The second kappa shape index (κ2) is 9.14. The van der Waals surface area contributed by atoms with Gasteiger partial charge in [-0.25, -0.2) is 4.39 Å². The Morgan fingerprint density at radius 3 is 2.50 bits per heavy atom. The Kier molecular flexibility index (Phi) is 6.53. The van der Waals surface area contributed by atoms with Crippen LogP contribution in [-0.2, 0) is 11.2 Å².